The largest absolute Gasteiger partial charge is 0.455 e. The van der Waals surface area contributed by atoms with Crippen molar-refractivity contribution in [2.24, 2.45) is 0 Å². The molecule has 0 spiro atoms. The van der Waals surface area contributed by atoms with Crippen molar-refractivity contribution in [3.05, 3.63) is 74.2 Å². The van der Waals surface area contributed by atoms with E-state index < -0.39 is 4.92 Å². The van der Waals surface area contributed by atoms with Gasteiger partial charge in [-0.1, -0.05) is 41.9 Å². The summed E-state index contributed by atoms with van der Waals surface area (Å²) in [6, 6.07) is 15.8. The number of halogens is 2. The number of rotatable bonds is 3. The quantitative estimate of drug-likeness (QED) is 0.417. The molecule has 110 valence electrons. The summed E-state index contributed by atoms with van der Waals surface area (Å²) in [5.41, 5.74) is -0.0741. The van der Waals surface area contributed by atoms with Crippen LogP contribution in [-0.2, 0) is 0 Å². The van der Waals surface area contributed by atoms with Crippen molar-refractivity contribution in [3.63, 3.8) is 0 Å². The highest BCUT2D eigenvalue weighted by atomic mass is 79.9. The standard InChI is InChI=1S/C16H9BrClNO3/c17-16-12-4-2-1-3-10(12)5-7-15(16)22-14-8-6-11(19(20)21)9-13(14)18/h1-9H. The normalized spacial score (nSPS) is 10.6. The Bertz CT molecular complexity index is 882. The lowest BCUT2D eigenvalue weighted by atomic mass is 10.1. The van der Waals surface area contributed by atoms with Crippen molar-refractivity contribution in [1.29, 1.82) is 0 Å². The van der Waals surface area contributed by atoms with Crippen LogP contribution < -0.4 is 4.74 Å². The topological polar surface area (TPSA) is 52.4 Å². The Morgan fingerprint density at radius 1 is 1.05 bits per heavy atom. The van der Waals surface area contributed by atoms with Crippen LogP contribution in [-0.4, -0.2) is 4.92 Å². The molecule has 3 aromatic rings. The molecule has 0 unspecified atom stereocenters. The summed E-state index contributed by atoms with van der Waals surface area (Å²) in [7, 11) is 0. The summed E-state index contributed by atoms with van der Waals surface area (Å²) in [5.74, 6) is 0.956. The third-order valence-corrected chi connectivity index (χ3v) is 4.29. The first-order valence-electron chi connectivity index (χ1n) is 6.35. The van der Waals surface area contributed by atoms with E-state index in [2.05, 4.69) is 15.9 Å². The molecular weight excluding hydrogens is 370 g/mol. The number of hydrogen-bond donors (Lipinski definition) is 0. The second kappa shape index (κ2) is 5.94. The molecule has 0 amide bonds. The number of fused-ring (bicyclic) bond motifs is 1. The van der Waals surface area contributed by atoms with Gasteiger partial charge in [-0.2, -0.15) is 0 Å². The zero-order valence-electron chi connectivity index (χ0n) is 11.1. The average molecular weight is 379 g/mol. The van der Waals surface area contributed by atoms with Gasteiger partial charge in [-0.25, -0.2) is 0 Å². The van der Waals surface area contributed by atoms with Crippen LogP contribution in [0, 0.1) is 10.1 Å². The molecule has 0 atom stereocenters. The van der Waals surface area contributed by atoms with Gasteiger partial charge >= 0.3 is 0 Å². The lowest BCUT2D eigenvalue weighted by Gasteiger charge is -2.11. The van der Waals surface area contributed by atoms with Gasteiger partial charge in [0.25, 0.3) is 5.69 Å². The van der Waals surface area contributed by atoms with Crippen LogP contribution >= 0.6 is 27.5 Å². The van der Waals surface area contributed by atoms with E-state index in [9.17, 15) is 10.1 Å². The Kier molecular flexibility index (Phi) is 4.00. The Balaban J connectivity index is 2.00. The van der Waals surface area contributed by atoms with Crippen molar-refractivity contribution in [1.82, 2.24) is 0 Å². The molecule has 0 saturated carbocycles. The lowest BCUT2D eigenvalue weighted by molar-refractivity contribution is -0.384. The number of nitro benzene ring substituents is 1. The predicted octanol–water partition coefficient (Wildman–Crippen LogP) is 5.96. The van der Waals surface area contributed by atoms with Crippen molar-refractivity contribution in [3.8, 4) is 11.5 Å². The summed E-state index contributed by atoms with van der Waals surface area (Å²) < 4.78 is 6.59. The van der Waals surface area contributed by atoms with Gasteiger partial charge in [-0.15, -0.1) is 0 Å². The second-order valence-electron chi connectivity index (χ2n) is 4.57. The molecule has 0 bridgehead atoms. The summed E-state index contributed by atoms with van der Waals surface area (Å²) in [4.78, 5) is 10.2. The van der Waals surface area contributed by atoms with E-state index in [1.807, 2.05) is 36.4 Å². The predicted molar refractivity (Wildman–Crippen MR) is 89.8 cm³/mol. The number of non-ortho nitro benzene ring substituents is 1. The van der Waals surface area contributed by atoms with Crippen molar-refractivity contribution in [2.45, 2.75) is 0 Å². The van der Waals surface area contributed by atoms with E-state index >= 15 is 0 Å². The van der Waals surface area contributed by atoms with Gasteiger partial charge in [0.15, 0.2) is 0 Å². The summed E-state index contributed by atoms with van der Waals surface area (Å²) in [5, 5.41) is 13.0. The van der Waals surface area contributed by atoms with Crippen LogP contribution in [0.2, 0.25) is 5.02 Å². The molecule has 4 nitrogen and oxygen atoms in total. The SMILES string of the molecule is O=[N+]([O-])c1ccc(Oc2ccc3ccccc3c2Br)c(Cl)c1. The number of nitrogens with zero attached hydrogens (tertiary/aromatic N) is 1. The van der Waals surface area contributed by atoms with Gasteiger partial charge in [0.2, 0.25) is 0 Å². The van der Waals surface area contributed by atoms with Crippen LogP contribution in [0.25, 0.3) is 10.8 Å². The minimum atomic E-state index is -0.498. The molecule has 0 N–H and O–H groups in total. The van der Waals surface area contributed by atoms with Crippen molar-refractivity contribution < 1.29 is 9.66 Å². The Labute approximate surface area is 139 Å². The number of benzene rings is 3. The maximum atomic E-state index is 10.7. The molecule has 0 aliphatic rings. The molecule has 0 saturated heterocycles. The van der Waals surface area contributed by atoms with Crippen LogP contribution in [0.1, 0.15) is 0 Å². The molecule has 0 aromatic heterocycles. The summed E-state index contributed by atoms with van der Waals surface area (Å²) in [6.45, 7) is 0. The molecular formula is C16H9BrClNO3. The molecule has 0 aliphatic heterocycles. The zero-order chi connectivity index (χ0) is 15.7. The smallest absolute Gasteiger partial charge is 0.271 e. The average Bonchev–Trinajstić information content (AvgIpc) is 2.52. The van der Waals surface area contributed by atoms with E-state index in [1.54, 1.807) is 0 Å². The lowest BCUT2D eigenvalue weighted by Crippen LogP contribution is -1.91. The Hall–Kier alpha value is -2.11. The van der Waals surface area contributed by atoms with Gasteiger partial charge < -0.3 is 4.74 Å². The molecule has 0 heterocycles. The van der Waals surface area contributed by atoms with Crippen LogP contribution in [0.4, 0.5) is 5.69 Å². The van der Waals surface area contributed by atoms with Crippen LogP contribution in [0.3, 0.4) is 0 Å². The maximum absolute atomic E-state index is 10.7. The minimum Gasteiger partial charge on any atom is -0.455 e. The second-order valence-corrected chi connectivity index (χ2v) is 5.77. The first-order chi connectivity index (χ1) is 10.6. The van der Waals surface area contributed by atoms with Crippen LogP contribution in [0.15, 0.2) is 59.1 Å². The van der Waals surface area contributed by atoms with E-state index in [0.717, 1.165) is 15.2 Å². The van der Waals surface area contributed by atoms with E-state index in [0.29, 0.717) is 11.5 Å². The molecule has 6 heteroatoms. The molecule has 3 aromatic carbocycles. The highest BCUT2D eigenvalue weighted by Gasteiger charge is 2.13. The molecule has 0 fully saturated rings. The number of nitro groups is 1. The highest BCUT2D eigenvalue weighted by molar-refractivity contribution is 9.10. The maximum Gasteiger partial charge on any atom is 0.271 e. The fourth-order valence-electron chi connectivity index (χ4n) is 2.10. The van der Waals surface area contributed by atoms with Crippen molar-refractivity contribution in [2.75, 3.05) is 0 Å². The fraction of sp³-hybridized carbons (Fsp3) is 0. The van der Waals surface area contributed by atoms with Gasteiger partial charge in [0, 0.05) is 12.1 Å². The van der Waals surface area contributed by atoms with E-state index in [-0.39, 0.29) is 10.7 Å². The summed E-state index contributed by atoms with van der Waals surface area (Å²) in [6.07, 6.45) is 0. The molecule has 3 rings (SSSR count). The van der Waals surface area contributed by atoms with Gasteiger partial charge in [-0.3, -0.25) is 10.1 Å². The van der Waals surface area contributed by atoms with E-state index in [4.69, 9.17) is 16.3 Å². The molecule has 0 aliphatic carbocycles. The highest BCUT2D eigenvalue weighted by Crippen LogP contribution is 2.38. The third-order valence-electron chi connectivity index (χ3n) is 3.17. The van der Waals surface area contributed by atoms with Crippen LogP contribution in [0.5, 0.6) is 11.5 Å². The first kappa shape index (κ1) is 14.8. The molecule has 22 heavy (non-hydrogen) atoms. The van der Waals surface area contributed by atoms with Gasteiger partial charge in [-0.05, 0) is 38.8 Å². The number of ether oxygens (including phenoxy) is 1. The van der Waals surface area contributed by atoms with E-state index in [1.165, 1.54) is 18.2 Å². The Morgan fingerprint density at radius 3 is 2.50 bits per heavy atom. The minimum absolute atomic E-state index is 0.0741. The summed E-state index contributed by atoms with van der Waals surface area (Å²) >= 11 is 9.57. The first-order valence-corrected chi connectivity index (χ1v) is 7.52. The number of hydrogen-bond acceptors (Lipinski definition) is 3. The zero-order valence-corrected chi connectivity index (χ0v) is 13.5. The molecule has 0 radical (unpaired) electrons. The third kappa shape index (κ3) is 2.77. The van der Waals surface area contributed by atoms with Gasteiger partial charge in [0.05, 0.1) is 14.4 Å². The van der Waals surface area contributed by atoms with Crippen molar-refractivity contribution >= 4 is 44.0 Å². The monoisotopic (exact) mass is 377 g/mol. The van der Waals surface area contributed by atoms with Gasteiger partial charge in [0.1, 0.15) is 11.5 Å². The fourth-order valence-corrected chi connectivity index (χ4v) is 2.88. The Morgan fingerprint density at radius 2 is 1.77 bits per heavy atom.